The molecule has 1 aromatic rings. The summed E-state index contributed by atoms with van der Waals surface area (Å²) in [5.74, 6) is -0.223. The van der Waals surface area contributed by atoms with Gasteiger partial charge in [0.1, 0.15) is 6.10 Å². The van der Waals surface area contributed by atoms with Gasteiger partial charge in [-0.1, -0.05) is 12.1 Å². The molecule has 0 aliphatic carbocycles. The molecule has 1 unspecified atom stereocenters. The van der Waals surface area contributed by atoms with E-state index in [0.717, 1.165) is 0 Å². The van der Waals surface area contributed by atoms with Crippen molar-refractivity contribution in [3.63, 3.8) is 0 Å². The molecule has 5 nitrogen and oxygen atoms in total. The standard InChI is InChI=1S/C15H24N2O3/c1-11(19-9-10-20-15(2,3)4)14(18)17-13-8-6-5-7-12(13)16/h5-8,11H,9-10,16H2,1-4H3,(H,17,18). The highest BCUT2D eigenvalue weighted by atomic mass is 16.5. The number of rotatable bonds is 6. The minimum absolute atomic E-state index is 0.201. The molecular formula is C15H24N2O3. The van der Waals surface area contributed by atoms with Crippen molar-refractivity contribution in [3.05, 3.63) is 24.3 Å². The first kappa shape index (κ1) is 16.5. The minimum atomic E-state index is -0.557. The maximum Gasteiger partial charge on any atom is 0.253 e. The third kappa shape index (κ3) is 6.04. The van der Waals surface area contributed by atoms with Crippen LogP contribution in [0.25, 0.3) is 0 Å². The molecule has 3 N–H and O–H groups in total. The predicted molar refractivity (Wildman–Crippen MR) is 80.6 cm³/mol. The second kappa shape index (κ2) is 7.26. The van der Waals surface area contributed by atoms with Crippen molar-refractivity contribution in [2.24, 2.45) is 0 Å². The Morgan fingerprint density at radius 1 is 1.30 bits per heavy atom. The Morgan fingerprint density at radius 3 is 2.55 bits per heavy atom. The van der Waals surface area contributed by atoms with Crippen molar-refractivity contribution in [3.8, 4) is 0 Å². The molecule has 0 aliphatic heterocycles. The summed E-state index contributed by atoms with van der Waals surface area (Å²) in [6, 6.07) is 7.12. The van der Waals surface area contributed by atoms with Gasteiger partial charge in [-0.25, -0.2) is 0 Å². The van der Waals surface area contributed by atoms with Crippen molar-refractivity contribution < 1.29 is 14.3 Å². The summed E-state index contributed by atoms with van der Waals surface area (Å²) in [7, 11) is 0. The van der Waals surface area contributed by atoms with Crippen LogP contribution >= 0.6 is 0 Å². The molecule has 0 heterocycles. The lowest BCUT2D eigenvalue weighted by Crippen LogP contribution is -2.30. The van der Waals surface area contributed by atoms with Crippen molar-refractivity contribution in [1.82, 2.24) is 0 Å². The van der Waals surface area contributed by atoms with Gasteiger partial charge < -0.3 is 20.5 Å². The molecule has 1 rings (SSSR count). The number of para-hydroxylation sites is 2. The maximum absolute atomic E-state index is 11.9. The van der Waals surface area contributed by atoms with E-state index in [1.165, 1.54) is 0 Å². The van der Waals surface area contributed by atoms with Crippen LogP contribution in [-0.2, 0) is 14.3 Å². The molecule has 1 atom stereocenters. The summed E-state index contributed by atoms with van der Waals surface area (Å²) in [6.07, 6.45) is -0.557. The highest BCUT2D eigenvalue weighted by molar-refractivity contribution is 5.96. The first-order chi connectivity index (χ1) is 9.29. The summed E-state index contributed by atoms with van der Waals surface area (Å²) in [5, 5.41) is 2.74. The average molecular weight is 280 g/mol. The molecule has 1 amide bonds. The zero-order valence-corrected chi connectivity index (χ0v) is 12.6. The normalized spacial score (nSPS) is 13.0. The first-order valence-electron chi connectivity index (χ1n) is 6.70. The van der Waals surface area contributed by atoms with Crippen LogP contribution < -0.4 is 11.1 Å². The fraction of sp³-hybridized carbons (Fsp3) is 0.533. The molecule has 0 saturated heterocycles. The topological polar surface area (TPSA) is 73.6 Å². The molecular weight excluding hydrogens is 256 g/mol. The van der Waals surface area contributed by atoms with Crippen LogP contribution in [0.1, 0.15) is 27.7 Å². The summed E-state index contributed by atoms with van der Waals surface area (Å²) in [4.78, 5) is 11.9. The van der Waals surface area contributed by atoms with Gasteiger partial charge in [0.15, 0.2) is 0 Å². The third-order valence-electron chi connectivity index (χ3n) is 2.57. The Balaban J connectivity index is 2.35. The van der Waals surface area contributed by atoms with E-state index in [9.17, 15) is 4.79 Å². The molecule has 0 bridgehead atoms. The van der Waals surface area contributed by atoms with E-state index < -0.39 is 6.10 Å². The molecule has 1 aromatic carbocycles. The molecule has 112 valence electrons. The SMILES string of the molecule is CC(OCCOC(C)(C)C)C(=O)Nc1ccccc1N. The summed E-state index contributed by atoms with van der Waals surface area (Å²) in [6.45, 7) is 8.44. The number of anilines is 2. The van der Waals surface area contributed by atoms with Gasteiger partial charge in [-0.3, -0.25) is 4.79 Å². The van der Waals surface area contributed by atoms with Gasteiger partial charge in [0, 0.05) is 0 Å². The Morgan fingerprint density at radius 2 is 1.95 bits per heavy atom. The largest absolute Gasteiger partial charge is 0.397 e. The first-order valence-corrected chi connectivity index (χ1v) is 6.70. The molecule has 0 aliphatic rings. The average Bonchev–Trinajstić information content (AvgIpc) is 2.36. The van der Waals surface area contributed by atoms with Crippen molar-refractivity contribution >= 4 is 17.3 Å². The fourth-order valence-electron chi connectivity index (χ4n) is 1.49. The molecule has 0 radical (unpaired) electrons. The summed E-state index contributed by atoms with van der Waals surface area (Å²) < 4.78 is 11.0. The van der Waals surface area contributed by atoms with E-state index in [4.69, 9.17) is 15.2 Å². The number of hydrogen-bond donors (Lipinski definition) is 2. The molecule has 0 aromatic heterocycles. The molecule has 0 saturated carbocycles. The number of nitrogens with two attached hydrogens (primary N) is 1. The molecule has 0 fully saturated rings. The Bertz CT molecular complexity index is 441. The number of ether oxygens (including phenoxy) is 2. The highest BCUT2D eigenvalue weighted by Crippen LogP contribution is 2.17. The maximum atomic E-state index is 11.9. The van der Waals surface area contributed by atoms with Gasteiger partial charge in [-0.05, 0) is 39.8 Å². The van der Waals surface area contributed by atoms with Gasteiger partial charge in [-0.15, -0.1) is 0 Å². The Labute approximate surface area is 120 Å². The van der Waals surface area contributed by atoms with E-state index in [-0.39, 0.29) is 11.5 Å². The lowest BCUT2D eigenvalue weighted by atomic mass is 10.2. The molecule has 0 spiro atoms. The number of carbonyl (C=O) groups is 1. The van der Waals surface area contributed by atoms with E-state index in [2.05, 4.69) is 5.32 Å². The third-order valence-corrected chi connectivity index (χ3v) is 2.57. The zero-order valence-electron chi connectivity index (χ0n) is 12.6. The summed E-state index contributed by atoms with van der Waals surface area (Å²) in [5.41, 5.74) is 6.69. The lowest BCUT2D eigenvalue weighted by Gasteiger charge is -2.20. The van der Waals surface area contributed by atoms with Gasteiger partial charge in [0.2, 0.25) is 0 Å². The number of nitrogen functional groups attached to an aromatic ring is 1. The van der Waals surface area contributed by atoms with Crippen LogP contribution in [0.2, 0.25) is 0 Å². The van der Waals surface area contributed by atoms with E-state index >= 15 is 0 Å². The van der Waals surface area contributed by atoms with Gasteiger partial charge in [0.25, 0.3) is 5.91 Å². The van der Waals surface area contributed by atoms with Crippen molar-refractivity contribution in [2.45, 2.75) is 39.4 Å². The number of amides is 1. The monoisotopic (exact) mass is 280 g/mol. The number of carbonyl (C=O) groups excluding carboxylic acids is 1. The van der Waals surface area contributed by atoms with Crippen LogP contribution in [-0.4, -0.2) is 30.8 Å². The molecule has 5 heteroatoms. The lowest BCUT2D eigenvalue weighted by molar-refractivity contribution is -0.128. The Kier molecular flexibility index (Phi) is 5.98. The van der Waals surface area contributed by atoms with Crippen LogP contribution in [0.3, 0.4) is 0 Å². The Hall–Kier alpha value is -1.59. The number of hydrogen-bond acceptors (Lipinski definition) is 4. The second-order valence-electron chi connectivity index (χ2n) is 5.55. The van der Waals surface area contributed by atoms with E-state index in [1.54, 1.807) is 19.1 Å². The quantitative estimate of drug-likeness (QED) is 0.620. The smallest absolute Gasteiger partial charge is 0.253 e. The predicted octanol–water partition coefficient (Wildman–Crippen LogP) is 2.43. The van der Waals surface area contributed by atoms with Gasteiger partial charge in [0.05, 0.1) is 30.2 Å². The van der Waals surface area contributed by atoms with Crippen molar-refractivity contribution in [1.29, 1.82) is 0 Å². The summed E-state index contributed by atoms with van der Waals surface area (Å²) >= 11 is 0. The number of benzene rings is 1. The number of nitrogens with one attached hydrogen (secondary N) is 1. The van der Waals surface area contributed by atoms with Crippen molar-refractivity contribution in [2.75, 3.05) is 24.3 Å². The van der Waals surface area contributed by atoms with E-state index in [1.807, 2.05) is 32.9 Å². The van der Waals surface area contributed by atoms with Crippen LogP contribution in [0.5, 0.6) is 0 Å². The van der Waals surface area contributed by atoms with Crippen LogP contribution in [0, 0.1) is 0 Å². The fourth-order valence-corrected chi connectivity index (χ4v) is 1.49. The van der Waals surface area contributed by atoms with Gasteiger partial charge in [-0.2, -0.15) is 0 Å². The van der Waals surface area contributed by atoms with E-state index in [0.29, 0.717) is 24.6 Å². The second-order valence-corrected chi connectivity index (χ2v) is 5.55. The van der Waals surface area contributed by atoms with Gasteiger partial charge >= 0.3 is 0 Å². The van der Waals surface area contributed by atoms with Crippen LogP contribution in [0.15, 0.2) is 24.3 Å². The molecule has 20 heavy (non-hydrogen) atoms. The van der Waals surface area contributed by atoms with Crippen LogP contribution in [0.4, 0.5) is 11.4 Å². The minimum Gasteiger partial charge on any atom is -0.397 e. The highest BCUT2D eigenvalue weighted by Gasteiger charge is 2.15. The zero-order chi connectivity index (χ0) is 15.2.